The van der Waals surface area contributed by atoms with Crippen LogP contribution in [-0.4, -0.2) is 52.8 Å². The SMILES string of the molecule is COc1ccccc1NC(=O)NC[C@@H](c1ccc(N(C)C)cc1)N(C)C. The van der Waals surface area contributed by atoms with Crippen molar-refractivity contribution in [3.63, 3.8) is 0 Å². The second-order valence-corrected chi connectivity index (χ2v) is 6.50. The number of hydrogen-bond donors (Lipinski definition) is 2. The normalized spacial score (nSPS) is 11.8. The Kier molecular flexibility index (Phi) is 6.86. The highest BCUT2D eigenvalue weighted by Gasteiger charge is 2.16. The van der Waals surface area contributed by atoms with Crippen LogP contribution in [-0.2, 0) is 0 Å². The fourth-order valence-electron chi connectivity index (χ4n) is 2.70. The molecule has 0 fully saturated rings. The van der Waals surface area contributed by atoms with Crippen molar-refractivity contribution in [3.8, 4) is 5.75 Å². The summed E-state index contributed by atoms with van der Waals surface area (Å²) in [7, 11) is 9.62. The number of benzene rings is 2. The minimum absolute atomic E-state index is 0.0784. The lowest BCUT2D eigenvalue weighted by molar-refractivity contribution is 0.243. The van der Waals surface area contributed by atoms with E-state index in [2.05, 4.69) is 44.7 Å². The fourth-order valence-corrected chi connectivity index (χ4v) is 2.70. The van der Waals surface area contributed by atoms with Crippen LogP contribution >= 0.6 is 0 Å². The van der Waals surface area contributed by atoms with Gasteiger partial charge in [0.25, 0.3) is 0 Å². The number of carbonyl (C=O) groups is 1. The van der Waals surface area contributed by atoms with Gasteiger partial charge in [0.2, 0.25) is 0 Å². The van der Waals surface area contributed by atoms with Crippen molar-refractivity contribution < 1.29 is 9.53 Å². The molecule has 1 atom stereocenters. The summed E-state index contributed by atoms with van der Waals surface area (Å²) in [5, 5.41) is 5.77. The third-order valence-corrected chi connectivity index (χ3v) is 4.23. The van der Waals surface area contributed by atoms with Crippen LogP contribution in [0.1, 0.15) is 11.6 Å². The number of rotatable bonds is 7. The van der Waals surface area contributed by atoms with Crippen LogP contribution in [0, 0.1) is 0 Å². The van der Waals surface area contributed by atoms with Crippen LogP contribution in [0.2, 0.25) is 0 Å². The number of likely N-dealkylation sites (N-methyl/N-ethyl adjacent to an activating group) is 1. The molecule has 0 aliphatic carbocycles. The number of carbonyl (C=O) groups excluding carboxylic acids is 1. The Bertz CT molecular complexity index is 714. The lowest BCUT2D eigenvalue weighted by Crippen LogP contribution is -2.37. The summed E-state index contributed by atoms with van der Waals surface area (Å²) in [4.78, 5) is 16.4. The Morgan fingerprint density at radius 1 is 1.04 bits per heavy atom. The van der Waals surface area contributed by atoms with Crippen LogP contribution in [0.15, 0.2) is 48.5 Å². The highest BCUT2D eigenvalue weighted by molar-refractivity contribution is 5.90. The summed E-state index contributed by atoms with van der Waals surface area (Å²) in [6, 6.07) is 15.5. The summed E-state index contributed by atoms with van der Waals surface area (Å²) in [6.45, 7) is 0.495. The lowest BCUT2D eigenvalue weighted by Gasteiger charge is -2.26. The van der Waals surface area contributed by atoms with Gasteiger partial charge in [-0.05, 0) is 43.9 Å². The van der Waals surface area contributed by atoms with Gasteiger partial charge < -0.3 is 25.2 Å². The number of methoxy groups -OCH3 is 1. The number of anilines is 2. The highest BCUT2D eigenvalue weighted by Crippen LogP contribution is 2.23. The fraction of sp³-hybridized carbons (Fsp3) is 0.350. The average Bonchev–Trinajstić information content (AvgIpc) is 2.62. The van der Waals surface area contributed by atoms with Gasteiger partial charge in [-0.25, -0.2) is 4.79 Å². The first kappa shape index (κ1) is 19.6. The monoisotopic (exact) mass is 356 g/mol. The quantitative estimate of drug-likeness (QED) is 0.800. The molecule has 140 valence electrons. The molecule has 0 saturated heterocycles. The van der Waals surface area contributed by atoms with E-state index < -0.39 is 0 Å². The largest absolute Gasteiger partial charge is 0.495 e. The van der Waals surface area contributed by atoms with Crippen LogP contribution < -0.4 is 20.3 Å². The number of urea groups is 1. The molecule has 0 heterocycles. The van der Waals surface area contributed by atoms with E-state index in [1.165, 1.54) is 0 Å². The zero-order valence-corrected chi connectivity index (χ0v) is 16.1. The number of nitrogens with zero attached hydrogens (tertiary/aromatic N) is 2. The molecule has 0 aromatic heterocycles. The maximum Gasteiger partial charge on any atom is 0.319 e. The summed E-state index contributed by atoms with van der Waals surface area (Å²) in [6.07, 6.45) is 0. The van der Waals surface area contributed by atoms with E-state index in [0.29, 0.717) is 18.0 Å². The van der Waals surface area contributed by atoms with Crippen molar-refractivity contribution in [1.82, 2.24) is 10.2 Å². The molecule has 6 nitrogen and oxygen atoms in total. The van der Waals surface area contributed by atoms with Crippen LogP contribution in [0.3, 0.4) is 0 Å². The zero-order chi connectivity index (χ0) is 19.1. The average molecular weight is 356 g/mol. The molecule has 0 saturated carbocycles. The second kappa shape index (κ2) is 9.10. The summed E-state index contributed by atoms with van der Waals surface area (Å²) >= 11 is 0. The number of para-hydroxylation sites is 2. The molecule has 0 aliphatic rings. The van der Waals surface area contributed by atoms with E-state index in [-0.39, 0.29) is 12.1 Å². The first-order chi connectivity index (χ1) is 12.4. The van der Waals surface area contributed by atoms with Crippen LogP contribution in [0.5, 0.6) is 5.75 Å². The first-order valence-electron chi connectivity index (χ1n) is 8.54. The molecular weight excluding hydrogens is 328 g/mol. The zero-order valence-electron chi connectivity index (χ0n) is 16.1. The third-order valence-electron chi connectivity index (χ3n) is 4.23. The molecule has 0 spiro atoms. The molecule has 0 radical (unpaired) electrons. The van der Waals surface area contributed by atoms with Gasteiger partial charge in [0, 0.05) is 26.3 Å². The number of hydrogen-bond acceptors (Lipinski definition) is 4. The molecule has 0 bridgehead atoms. The predicted octanol–water partition coefficient (Wildman–Crippen LogP) is 3.19. The van der Waals surface area contributed by atoms with Crippen molar-refractivity contribution in [2.45, 2.75) is 6.04 Å². The van der Waals surface area contributed by atoms with Gasteiger partial charge in [-0.1, -0.05) is 24.3 Å². The van der Waals surface area contributed by atoms with E-state index in [9.17, 15) is 4.79 Å². The molecule has 2 amide bonds. The summed E-state index contributed by atoms with van der Waals surface area (Å²) < 4.78 is 5.26. The number of ether oxygens (including phenoxy) is 1. The van der Waals surface area contributed by atoms with Crippen molar-refractivity contribution in [2.24, 2.45) is 0 Å². The number of amides is 2. The van der Waals surface area contributed by atoms with E-state index in [1.807, 2.05) is 52.5 Å². The Morgan fingerprint density at radius 3 is 2.27 bits per heavy atom. The van der Waals surface area contributed by atoms with Gasteiger partial charge in [-0.3, -0.25) is 0 Å². The Labute approximate surface area is 155 Å². The van der Waals surface area contributed by atoms with Gasteiger partial charge in [0.15, 0.2) is 0 Å². The Morgan fingerprint density at radius 2 is 1.69 bits per heavy atom. The van der Waals surface area contributed by atoms with Gasteiger partial charge in [-0.2, -0.15) is 0 Å². The first-order valence-corrected chi connectivity index (χ1v) is 8.54. The molecule has 2 aromatic carbocycles. The maximum atomic E-state index is 12.3. The van der Waals surface area contributed by atoms with Crippen molar-refractivity contribution in [1.29, 1.82) is 0 Å². The molecule has 2 aromatic rings. The summed E-state index contributed by atoms with van der Waals surface area (Å²) in [5.41, 5.74) is 2.94. The van der Waals surface area contributed by atoms with E-state index in [4.69, 9.17) is 4.74 Å². The minimum Gasteiger partial charge on any atom is -0.495 e. The standard InChI is InChI=1S/C20H28N4O2/c1-23(2)16-12-10-15(11-13-16)18(24(3)4)14-21-20(25)22-17-8-6-7-9-19(17)26-5/h6-13,18H,14H2,1-5H3,(H2,21,22,25)/t18-/m0/s1. The van der Waals surface area contributed by atoms with Crippen LogP contribution in [0.25, 0.3) is 0 Å². The van der Waals surface area contributed by atoms with Gasteiger partial charge in [-0.15, -0.1) is 0 Å². The van der Waals surface area contributed by atoms with Crippen molar-refractivity contribution in [2.75, 3.05) is 52.1 Å². The number of nitrogens with one attached hydrogen (secondary N) is 2. The van der Waals surface area contributed by atoms with E-state index in [1.54, 1.807) is 7.11 Å². The smallest absolute Gasteiger partial charge is 0.319 e. The van der Waals surface area contributed by atoms with Gasteiger partial charge in [0.1, 0.15) is 5.75 Å². The van der Waals surface area contributed by atoms with Crippen LogP contribution in [0.4, 0.5) is 16.2 Å². The molecule has 2 rings (SSSR count). The molecular formula is C20H28N4O2. The third kappa shape index (κ3) is 5.13. The topological polar surface area (TPSA) is 56.8 Å². The predicted molar refractivity (Wildman–Crippen MR) is 107 cm³/mol. The lowest BCUT2D eigenvalue weighted by atomic mass is 10.1. The minimum atomic E-state index is -0.258. The molecule has 0 aliphatic heterocycles. The maximum absolute atomic E-state index is 12.3. The van der Waals surface area contributed by atoms with E-state index >= 15 is 0 Å². The molecule has 6 heteroatoms. The molecule has 26 heavy (non-hydrogen) atoms. The molecule has 0 unspecified atom stereocenters. The molecule has 2 N–H and O–H groups in total. The Hall–Kier alpha value is -2.73. The summed E-state index contributed by atoms with van der Waals surface area (Å²) in [5.74, 6) is 0.631. The van der Waals surface area contributed by atoms with Gasteiger partial charge >= 0.3 is 6.03 Å². The Balaban J connectivity index is 2.00. The second-order valence-electron chi connectivity index (χ2n) is 6.50. The van der Waals surface area contributed by atoms with Crippen molar-refractivity contribution >= 4 is 17.4 Å². The van der Waals surface area contributed by atoms with Crippen molar-refractivity contribution in [3.05, 3.63) is 54.1 Å². The highest BCUT2D eigenvalue weighted by atomic mass is 16.5. The van der Waals surface area contributed by atoms with E-state index in [0.717, 1.165) is 11.3 Å². The van der Waals surface area contributed by atoms with Gasteiger partial charge in [0.05, 0.1) is 18.8 Å².